The Labute approximate surface area is 268 Å². The molecule has 0 spiro atoms. The van der Waals surface area contributed by atoms with E-state index in [4.69, 9.17) is 9.78 Å². The highest BCUT2D eigenvalue weighted by molar-refractivity contribution is 8.00. The zero-order chi connectivity index (χ0) is 32.0. The number of hydrogen-bond donors (Lipinski definition) is 3. The summed E-state index contributed by atoms with van der Waals surface area (Å²) >= 11 is 1.81. The molecule has 0 radical (unpaired) electrons. The summed E-state index contributed by atoms with van der Waals surface area (Å²) < 4.78 is -0.463. The van der Waals surface area contributed by atoms with Gasteiger partial charge in [-0.2, -0.15) is 4.89 Å². The van der Waals surface area contributed by atoms with Gasteiger partial charge in [0.05, 0.1) is 30.7 Å². The van der Waals surface area contributed by atoms with Gasteiger partial charge in [0.25, 0.3) is 0 Å². The van der Waals surface area contributed by atoms with Crippen LogP contribution >= 0.6 is 11.8 Å². The van der Waals surface area contributed by atoms with Crippen molar-refractivity contribution >= 4 is 35.5 Å². The van der Waals surface area contributed by atoms with E-state index in [-0.39, 0.29) is 32.5 Å². The Kier molecular flexibility index (Phi) is 12.4. The van der Waals surface area contributed by atoms with E-state index in [9.17, 15) is 19.2 Å². The van der Waals surface area contributed by atoms with Crippen molar-refractivity contribution in [3.05, 3.63) is 120 Å². The molecule has 0 aromatic heterocycles. The van der Waals surface area contributed by atoms with Crippen LogP contribution in [-0.4, -0.2) is 54.7 Å². The molecule has 45 heavy (non-hydrogen) atoms. The monoisotopic (exact) mass is 629 g/mol. The molecule has 9 nitrogen and oxygen atoms in total. The molecule has 3 N–H and O–H groups in total. The molecule has 4 rings (SSSR count). The summed E-state index contributed by atoms with van der Waals surface area (Å²) in [6, 6.07) is 31.3. The van der Waals surface area contributed by atoms with Gasteiger partial charge < -0.3 is 16.0 Å². The minimum atomic E-state index is -1.28. The maximum absolute atomic E-state index is 12.7. The molecule has 1 saturated heterocycles. The van der Waals surface area contributed by atoms with Gasteiger partial charge in [-0.05, 0) is 42.2 Å². The maximum Gasteiger partial charge on any atom is 0.342 e. The third kappa shape index (κ3) is 9.79. The number of carbonyl (C=O) groups is 4. The molecule has 3 aromatic rings. The van der Waals surface area contributed by atoms with E-state index in [0.29, 0.717) is 12.8 Å². The maximum atomic E-state index is 12.7. The number of hydrogen-bond acceptors (Lipinski definition) is 7. The first kappa shape index (κ1) is 33.5. The molecule has 1 aliphatic heterocycles. The van der Waals surface area contributed by atoms with Crippen LogP contribution in [0.5, 0.6) is 0 Å². The fourth-order valence-corrected chi connectivity index (χ4v) is 6.47. The molecular formula is C35H39N3O6S. The molecule has 236 valence electrons. The van der Waals surface area contributed by atoms with E-state index in [0.717, 1.165) is 22.4 Å². The van der Waals surface area contributed by atoms with E-state index in [1.54, 1.807) is 13.0 Å². The van der Waals surface area contributed by atoms with Crippen LogP contribution in [0.4, 0.5) is 0 Å². The quantitative estimate of drug-likeness (QED) is 0.146. The Morgan fingerprint density at radius 3 is 1.82 bits per heavy atom. The molecule has 0 saturated carbocycles. The molecule has 3 aromatic carbocycles. The summed E-state index contributed by atoms with van der Waals surface area (Å²) in [5.41, 5.74) is 2.21. The molecule has 1 aliphatic rings. The average Bonchev–Trinajstić information content (AvgIpc) is 3.06. The summed E-state index contributed by atoms with van der Waals surface area (Å²) in [7, 11) is 0. The number of benzene rings is 3. The Morgan fingerprint density at radius 1 is 0.756 bits per heavy atom. The number of nitrogens with one attached hydrogen (secondary N) is 3. The Morgan fingerprint density at radius 2 is 1.27 bits per heavy atom. The number of amides is 3. The van der Waals surface area contributed by atoms with Gasteiger partial charge in [0.1, 0.15) is 5.60 Å². The number of thioether (sulfide) groups is 1. The average molecular weight is 630 g/mol. The fourth-order valence-electron chi connectivity index (χ4n) is 5.01. The summed E-state index contributed by atoms with van der Waals surface area (Å²) in [6.45, 7) is 1.37. The van der Waals surface area contributed by atoms with Gasteiger partial charge in [0, 0.05) is 6.54 Å². The highest BCUT2D eigenvalue weighted by Gasteiger charge is 2.36. The SMILES string of the molecule is CC1(C=CCCSC(c2ccccc2)(c2ccccc2)c2ccccc2)CC(=O)NCC(=O)NCC(=O)NCCCC(=O)OO1. The summed E-state index contributed by atoms with van der Waals surface area (Å²) in [5.74, 6) is -1.25. The van der Waals surface area contributed by atoms with Crippen LogP contribution in [0.3, 0.4) is 0 Å². The fraction of sp³-hybridized carbons (Fsp3) is 0.314. The van der Waals surface area contributed by atoms with E-state index in [2.05, 4.69) is 88.7 Å². The lowest BCUT2D eigenvalue weighted by atomic mass is 9.84. The first-order valence-corrected chi connectivity index (χ1v) is 16.0. The van der Waals surface area contributed by atoms with Crippen LogP contribution in [-0.2, 0) is 33.7 Å². The second-order valence-corrected chi connectivity index (χ2v) is 12.2. The van der Waals surface area contributed by atoms with Crippen LogP contribution in [0, 0.1) is 0 Å². The third-order valence-corrected chi connectivity index (χ3v) is 8.80. The molecule has 3 amide bonds. The lowest BCUT2D eigenvalue weighted by Crippen LogP contribution is -2.44. The number of carbonyl (C=O) groups excluding carboxylic acids is 4. The van der Waals surface area contributed by atoms with E-state index in [1.807, 2.05) is 36.0 Å². The van der Waals surface area contributed by atoms with E-state index < -0.39 is 34.0 Å². The number of rotatable bonds is 8. The minimum Gasteiger partial charge on any atom is -0.355 e. The zero-order valence-corrected chi connectivity index (χ0v) is 26.1. The van der Waals surface area contributed by atoms with Gasteiger partial charge >= 0.3 is 5.97 Å². The summed E-state index contributed by atoms with van der Waals surface area (Å²) in [4.78, 5) is 59.5. The number of allylic oxidation sites excluding steroid dienone is 1. The zero-order valence-electron chi connectivity index (χ0n) is 25.3. The molecule has 1 fully saturated rings. The Balaban J connectivity index is 1.50. The van der Waals surface area contributed by atoms with Gasteiger partial charge in [-0.25, -0.2) is 4.79 Å². The van der Waals surface area contributed by atoms with Crippen molar-refractivity contribution in [3.8, 4) is 0 Å². The van der Waals surface area contributed by atoms with Crippen LogP contribution < -0.4 is 16.0 Å². The second kappa shape index (κ2) is 16.6. The van der Waals surface area contributed by atoms with Crippen molar-refractivity contribution in [1.29, 1.82) is 0 Å². The van der Waals surface area contributed by atoms with Gasteiger partial charge in [-0.3, -0.25) is 19.3 Å². The predicted octanol–water partition coefficient (Wildman–Crippen LogP) is 4.42. The van der Waals surface area contributed by atoms with Crippen LogP contribution in [0.2, 0.25) is 0 Å². The minimum absolute atomic E-state index is 0.00973. The van der Waals surface area contributed by atoms with Crippen LogP contribution in [0.15, 0.2) is 103 Å². The molecule has 1 atom stereocenters. The molecule has 1 heterocycles. The first-order chi connectivity index (χ1) is 21.8. The van der Waals surface area contributed by atoms with Crippen molar-refractivity contribution in [2.45, 2.75) is 43.0 Å². The van der Waals surface area contributed by atoms with Crippen molar-refractivity contribution in [3.63, 3.8) is 0 Å². The van der Waals surface area contributed by atoms with Crippen molar-refractivity contribution in [2.75, 3.05) is 25.4 Å². The Hall–Kier alpha value is -4.41. The molecule has 10 heteroatoms. The predicted molar refractivity (Wildman–Crippen MR) is 174 cm³/mol. The largest absolute Gasteiger partial charge is 0.355 e. The van der Waals surface area contributed by atoms with Gasteiger partial charge in [-0.1, -0.05) is 103 Å². The lowest BCUT2D eigenvalue weighted by molar-refractivity contribution is -0.316. The standard InChI is InChI=1S/C35H39N3O6S/c1-34(24-30(39)37-26-32(41)38-25-31(40)36-22-13-20-33(42)43-44-34)21-11-12-23-45-35(27-14-5-2-6-15-27,28-16-7-3-8-17-28)29-18-9-4-10-19-29/h2-11,14-19,21H,12-13,20,22-26H2,1H3,(H,36,40)(H,37,39)(H,38,41). The molecule has 0 bridgehead atoms. The van der Waals surface area contributed by atoms with Crippen LogP contribution in [0.25, 0.3) is 0 Å². The van der Waals surface area contributed by atoms with Gasteiger partial charge in [-0.15, -0.1) is 11.8 Å². The smallest absolute Gasteiger partial charge is 0.342 e. The third-order valence-electron chi connectivity index (χ3n) is 7.22. The van der Waals surface area contributed by atoms with Gasteiger partial charge in [0.2, 0.25) is 17.7 Å². The van der Waals surface area contributed by atoms with Gasteiger partial charge in [0.15, 0.2) is 0 Å². The van der Waals surface area contributed by atoms with E-state index >= 15 is 0 Å². The highest BCUT2D eigenvalue weighted by Crippen LogP contribution is 2.48. The molecular weight excluding hydrogens is 590 g/mol. The van der Waals surface area contributed by atoms with Crippen molar-refractivity contribution in [1.82, 2.24) is 16.0 Å². The first-order valence-electron chi connectivity index (χ1n) is 15.0. The molecule has 1 unspecified atom stereocenters. The van der Waals surface area contributed by atoms with Crippen LogP contribution in [0.1, 0.15) is 49.3 Å². The summed E-state index contributed by atoms with van der Waals surface area (Å²) in [6.07, 6.45) is 4.42. The van der Waals surface area contributed by atoms with E-state index in [1.165, 1.54) is 0 Å². The van der Waals surface area contributed by atoms with Crippen molar-refractivity contribution < 1.29 is 29.0 Å². The summed E-state index contributed by atoms with van der Waals surface area (Å²) in [5, 5.41) is 7.59. The normalized spacial score (nSPS) is 19.3. The lowest BCUT2D eigenvalue weighted by Gasteiger charge is -2.35. The topological polar surface area (TPSA) is 123 Å². The Bertz CT molecular complexity index is 1360. The molecule has 0 aliphatic carbocycles. The van der Waals surface area contributed by atoms with Crippen molar-refractivity contribution in [2.24, 2.45) is 0 Å². The highest BCUT2D eigenvalue weighted by atomic mass is 32.2. The second-order valence-electron chi connectivity index (χ2n) is 10.9.